The van der Waals surface area contributed by atoms with Crippen molar-refractivity contribution < 1.29 is 9.84 Å². The van der Waals surface area contributed by atoms with Gasteiger partial charge in [-0.05, 0) is 37.3 Å². The van der Waals surface area contributed by atoms with Crippen LogP contribution in [0, 0.1) is 5.92 Å². The molecule has 0 bridgehead atoms. The Morgan fingerprint density at radius 2 is 1.90 bits per heavy atom. The second-order valence-electron chi connectivity index (χ2n) is 6.06. The van der Waals surface area contributed by atoms with Crippen LogP contribution < -0.4 is 0 Å². The predicted octanol–water partition coefficient (Wildman–Crippen LogP) is 3.88. The number of aliphatic hydroxyl groups is 1. The van der Waals surface area contributed by atoms with Crippen molar-refractivity contribution in [3.8, 4) is 0 Å². The molecule has 2 atom stereocenters. The number of ether oxygens (including phenoxy) is 1. The zero-order chi connectivity index (χ0) is 13.8. The van der Waals surface area contributed by atoms with E-state index in [2.05, 4.69) is 30.3 Å². The molecule has 0 radical (unpaired) electrons. The maximum absolute atomic E-state index is 9.78. The number of hydrogen-bond acceptors (Lipinski definition) is 3. The zero-order valence-corrected chi connectivity index (χ0v) is 12.8. The number of thioether (sulfide) groups is 1. The topological polar surface area (TPSA) is 29.5 Å². The summed E-state index contributed by atoms with van der Waals surface area (Å²) in [6, 6.07) is 10.6. The van der Waals surface area contributed by atoms with E-state index in [1.807, 2.05) is 11.8 Å². The molecule has 1 saturated heterocycles. The highest BCUT2D eigenvalue weighted by atomic mass is 32.2. The largest absolute Gasteiger partial charge is 0.396 e. The van der Waals surface area contributed by atoms with Crippen molar-refractivity contribution in [3.63, 3.8) is 0 Å². The fourth-order valence-corrected chi connectivity index (χ4v) is 5.23. The first-order valence-electron chi connectivity index (χ1n) is 7.81. The Hall–Kier alpha value is -0.510. The Labute approximate surface area is 125 Å². The van der Waals surface area contributed by atoms with Gasteiger partial charge in [0.15, 0.2) is 0 Å². The van der Waals surface area contributed by atoms with E-state index in [0.717, 1.165) is 25.9 Å². The van der Waals surface area contributed by atoms with Gasteiger partial charge in [0.1, 0.15) is 0 Å². The monoisotopic (exact) mass is 292 g/mol. The van der Waals surface area contributed by atoms with Gasteiger partial charge in [-0.2, -0.15) is 0 Å². The standard InChI is InChI=1S/C17H24O2S/c18-13-14-9-12-19-17(10-5-2-6-11-17)16(14)20-15-7-3-1-4-8-15/h1,3-4,7-8,14,16,18H,2,5-6,9-13H2/t14-,16-/m1/s1. The number of hydrogen-bond donors (Lipinski definition) is 1. The lowest BCUT2D eigenvalue weighted by atomic mass is 9.76. The van der Waals surface area contributed by atoms with E-state index >= 15 is 0 Å². The lowest BCUT2D eigenvalue weighted by Gasteiger charge is -2.49. The highest BCUT2D eigenvalue weighted by Gasteiger charge is 2.47. The van der Waals surface area contributed by atoms with E-state index in [0.29, 0.717) is 11.2 Å². The van der Waals surface area contributed by atoms with Crippen molar-refractivity contribution in [3.05, 3.63) is 30.3 Å². The Kier molecular flexibility index (Phi) is 4.69. The summed E-state index contributed by atoms with van der Waals surface area (Å²) in [4.78, 5) is 1.30. The van der Waals surface area contributed by atoms with Crippen molar-refractivity contribution >= 4 is 11.8 Å². The zero-order valence-electron chi connectivity index (χ0n) is 12.0. The molecule has 1 heterocycles. The number of rotatable bonds is 3. The molecule has 1 spiro atoms. The minimum atomic E-state index is 0.00437. The molecule has 2 fully saturated rings. The van der Waals surface area contributed by atoms with Crippen LogP contribution in [0.3, 0.4) is 0 Å². The average Bonchev–Trinajstić information content (AvgIpc) is 2.51. The Morgan fingerprint density at radius 3 is 2.60 bits per heavy atom. The summed E-state index contributed by atoms with van der Waals surface area (Å²) in [5.74, 6) is 0.368. The second kappa shape index (κ2) is 6.50. The van der Waals surface area contributed by atoms with Crippen LogP contribution >= 0.6 is 11.8 Å². The Balaban J connectivity index is 1.83. The maximum Gasteiger partial charge on any atom is 0.0807 e. The quantitative estimate of drug-likeness (QED) is 0.917. The maximum atomic E-state index is 9.78. The first kappa shape index (κ1) is 14.4. The lowest BCUT2D eigenvalue weighted by Crippen LogP contribution is -2.53. The van der Waals surface area contributed by atoms with Crippen molar-refractivity contribution in [1.82, 2.24) is 0 Å². The third-order valence-corrected chi connectivity index (χ3v) is 6.38. The fourth-order valence-electron chi connectivity index (χ4n) is 3.69. The van der Waals surface area contributed by atoms with E-state index in [4.69, 9.17) is 4.74 Å². The first-order valence-corrected chi connectivity index (χ1v) is 8.68. The average molecular weight is 292 g/mol. The summed E-state index contributed by atoms with van der Waals surface area (Å²) in [5.41, 5.74) is 0.00437. The summed E-state index contributed by atoms with van der Waals surface area (Å²) in [7, 11) is 0. The summed E-state index contributed by atoms with van der Waals surface area (Å²) >= 11 is 1.92. The van der Waals surface area contributed by atoms with Gasteiger partial charge < -0.3 is 9.84 Å². The van der Waals surface area contributed by atoms with Crippen LogP contribution in [0.5, 0.6) is 0 Å². The molecule has 3 rings (SSSR count). The molecule has 1 N–H and O–H groups in total. The van der Waals surface area contributed by atoms with E-state index in [-0.39, 0.29) is 12.2 Å². The molecular formula is C17H24O2S. The van der Waals surface area contributed by atoms with E-state index in [9.17, 15) is 5.11 Å². The highest BCUT2D eigenvalue weighted by molar-refractivity contribution is 8.00. The van der Waals surface area contributed by atoms with E-state index in [1.165, 1.54) is 24.2 Å². The molecule has 0 unspecified atom stereocenters. The molecule has 2 nitrogen and oxygen atoms in total. The highest BCUT2D eigenvalue weighted by Crippen LogP contribution is 2.48. The van der Waals surface area contributed by atoms with Crippen LogP contribution in [-0.4, -0.2) is 29.2 Å². The van der Waals surface area contributed by atoms with Gasteiger partial charge in [0.25, 0.3) is 0 Å². The smallest absolute Gasteiger partial charge is 0.0807 e. The number of benzene rings is 1. The predicted molar refractivity (Wildman–Crippen MR) is 83.0 cm³/mol. The van der Waals surface area contributed by atoms with Crippen molar-refractivity contribution in [2.75, 3.05) is 13.2 Å². The van der Waals surface area contributed by atoms with Crippen LogP contribution in [0.25, 0.3) is 0 Å². The normalized spacial score (nSPS) is 29.4. The van der Waals surface area contributed by atoms with E-state index < -0.39 is 0 Å². The van der Waals surface area contributed by atoms with Gasteiger partial charge >= 0.3 is 0 Å². The van der Waals surface area contributed by atoms with E-state index in [1.54, 1.807) is 0 Å². The molecule has 0 aromatic heterocycles. The van der Waals surface area contributed by atoms with Crippen LogP contribution in [0.4, 0.5) is 0 Å². The Morgan fingerprint density at radius 1 is 1.15 bits per heavy atom. The molecule has 0 amide bonds. The molecule has 3 heteroatoms. The Bertz CT molecular complexity index is 409. The fraction of sp³-hybridized carbons (Fsp3) is 0.647. The van der Waals surface area contributed by atoms with Gasteiger partial charge in [-0.25, -0.2) is 0 Å². The van der Waals surface area contributed by atoms with Gasteiger partial charge in [0.05, 0.1) is 5.60 Å². The SMILES string of the molecule is OC[C@H]1CCOC2(CCCCC2)[C@@H]1Sc1ccccc1. The first-order chi connectivity index (χ1) is 9.84. The minimum Gasteiger partial charge on any atom is -0.396 e. The minimum absolute atomic E-state index is 0.00437. The lowest BCUT2D eigenvalue weighted by molar-refractivity contribution is -0.116. The molecule has 1 aliphatic heterocycles. The van der Waals surface area contributed by atoms with Crippen molar-refractivity contribution in [1.29, 1.82) is 0 Å². The van der Waals surface area contributed by atoms with Crippen molar-refractivity contribution in [2.24, 2.45) is 5.92 Å². The summed E-state index contributed by atoms with van der Waals surface area (Å²) in [6.45, 7) is 1.10. The van der Waals surface area contributed by atoms with Gasteiger partial charge in [0.2, 0.25) is 0 Å². The molecule has 1 aromatic carbocycles. The van der Waals surface area contributed by atoms with Gasteiger partial charge in [-0.1, -0.05) is 37.5 Å². The van der Waals surface area contributed by atoms with Gasteiger partial charge in [-0.3, -0.25) is 0 Å². The molecular weight excluding hydrogens is 268 g/mol. The molecule has 1 aromatic rings. The van der Waals surface area contributed by atoms with Gasteiger partial charge in [0, 0.05) is 23.4 Å². The second-order valence-corrected chi connectivity index (χ2v) is 7.27. The van der Waals surface area contributed by atoms with Crippen LogP contribution in [0.2, 0.25) is 0 Å². The molecule has 1 saturated carbocycles. The van der Waals surface area contributed by atoms with Crippen LogP contribution in [-0.2, 0) is 4.74 Å². The van der Waals surface area contributed by atoms with Crippen LogP contribution in [0.1, 0.15) is 38.5 Å². The molecule has 1 aliphatic carbocycles. The molecule has 110 valence electrons. The van der Waals surface area contributed by atoms with Crippen molar-refractivity contribution in [2.45, 2.75) is 54.3 Å². The third kappa shape index (κ3) is 2.90. The summed E-state index contributed by atoms with van der Waals surface area (Å²) in [5, 5.41) is 10.2. The number of aliphatic hydroxyl groups excluding tert-OH is 1. The molecule has 2 aliphatic rings. The summed E-state index contributed by atoms with van der Waals surface area (Å²) < 4.78 is 6.29. The molecule has 20 heavy (non-hydrogen) atoms. The van der Waals surface area contributed by atoms with Crippen LogP contribution in [0.15, 0.2) is 35.2 Å². The third-order valence-electron chi connectivity index (χ3n) is 4.77. The van der Waals surface area contributed by atoms with Gasteiger partial charge in [-0.15, -0.1) is 11.8 Å². The summed E-state index contributed by atoms with van der Waals surface area (Å²) in [6.07, 6.45) is 7.18.